The van der Waals surface area contributed by atoms with E-state index in [1.807, 2.05) is 18.2 Å². The molecule has 0 atom stereocenters. The van der Waals surface area contributed by atoms with Crippen molar-refractivity contribution in [3.05, 3.63) is 35.5 Å². The summed E-state index contributed by atoms with van der Waals surface area (Å²) in [6.07, 6.45) is 2.35. The third-order valence-corrected chi connectivity index (χ3v) is 3.58. The Bertz CT molecular complexity index is 553. The van der Waals surface area contributed by atoms with Crippen LogP contribution < -0.4 is 10.6 Å². The highest BCUT2D eigenvalue weighted by atomic mass is 35.5. The number of aromatic nitrogens is 1. The van der Waals surface area contributed by atoms with Crippen molar-refractivity contribution in [1.82, 2.24) is 10.3 Å². The second-order valence-electron chi connectivity index (χ2n) is 4.71. The van der Waals surface area contributed by atoms with Crippen LogP contribution in [0.25, 0.3) is 10.9 Å². The molecule has 0 saturated carbocycles. The molecule has 0 radical (unpaired) electrons. The number of fused-ring (bicyclic) bond motifs is 1. The number of pyridine rings is 1. The monoisotopic (exact) mass is 297 g/mol. The Morgan fingerprint density at radius 2 is 1.95 bits per heavy atom. The van der Waals surface area contributed by atoms with Gasteiger partial charge in [-0.3, -0.25) is 0 Å². The van der Waals surface area contributed by atoms with Gasteiger partial charge in [0.15, 0.2) is 0 Å². The van der Waals surface area contributed by atoms with Gasteiger partial charge < -0.3 is 10.6 Å². The van der Waals surface area contributed by atoms with Crippen LogP contribution in [-0.2, 0) is 0 Å². The maximum Gasteiger partial charge on any atom is 0.129 e. The minimum absolute atomic E-state index is 0. The van der Waals surface area contributed by atoms with Crippen LogP contribution in [0, 0.1) is 0 Å². The van der Waals surface area contributed by atoms with Gasteiger partial charge in [-0.15, -0.1) is 12.4 Å². The lowest BCUT2D eigenvalue weighted by Gasteiger charge is -2.24. The minimum Gasteiger partial charge on any atom is -0.382 e. The van der Waals surface area contributed by atoms with E-state index in [4.69, 9.17) is 11.6 Å². The van der Waals surface area contributed by atoms with Crippen molar-refractivity contribution in [2.75, 3.05) is 18.4 Å². The molecular weight excluding hydrogens is 281 g/mol. The first-order valence-corrected chi connectivity index (χ1v) is 6.73. The number of hydrogen-bond donors (Lipinski definition) is 2. The Balaban J connectivity index is 0.00000133. The minimum atomic E-state index is 0. The molecule has 1 aliphatic heterocycles. The van der Waals surface area contributed by atoms with Crippen LogP contribution in [0.1, 0.15) is 12.8 Å². The SMILES string of the molecule is Cl.Clc1ccc2cc(NC3CCNCC3)ccc2n1. The van der Waals surface area contributed by atoms with Crippen LogP contribution in [0.5, 0.6) is 0 Å². The summed E-state index contributed by atoms with van der Waals surface area (Å²) >= 11 is 5.88. The molecule has 5 heteroatoms. The van der Waals surface area contributed by atoms with Crippen molar-refractivity contribution < 1.29 is 0 Å². The Morgan fingerprint density at radius 3 is 2.74 bits per heavy atom. The lowest BCUT2D eigenvalue weighted by Crippen LogP contribution is -2.35. The summed E-state index contributed by atoms with van der Waals surface area (Å²) < 4.78 is 0. The van der Waals surface area contributed by atoms with Gasteiger partial charge in [-0.05, 0) is 56.3 Å². The number of hydrogen-bond acceptors (Lipinski definition) is 3. The summed E-state index contributed by atoms with van der Waals surface area (Å²) in [7, 11) is 0. The number of halogens is 2. The fourth-order valence-corrected chi connectivity index (χ4v) is 2.55. The van der Waals surface area contributed by atoms with Gasteiger partial charge >= 0.3 is 0 Å². The van der Waals surface area contributed by atoms with Crippen LogP contribution in [-0.4, -0.2) is 24.1 Å². The fraction of sp³-hybridized carbons (Fsp3) is 0.357. The molecule has 0 amide bonds. The molecule has 0 bridgehead atoms. The molecule has 0 unspecified atom stereocenters. The molecule has 1 fully saturated rings. The third-order valence-electron chi connectivity index (χ3n) is 3.37. The smallest absolute Gasteiger partial charge is 0.129 e. The summed E-state index contributed by atoms with van der Waals surface area (Å²) in [4.78, 5) is 4.29. The maximum absolute atomic E-state index is 5.88. The van der Waals surface area contributed by atoms with E-state index in [2.05, 4.69) is 27.8 Å². The number of rotatable bonds is 2. The number of nitrogens with zero attached hydrogens (tertiary/aromatic N) is 1. The molecule has 1 aromatic heterocycles. The van der Waals surface area contributed by atoms with Gasteiger partial charge in [-0.2, -0.15) is 0 Å². The van der Waals surface area contributed by atoms with Gasteiger partial charge in [-0.1, -0.05) is 11.6 Å². The van der Waals surface area contributed by atoms with Crippen molar-refractivity contribution in [2.45, 2.75) is 18.9 Å². The standard InChI is InChI=1S/C14H16ClN3.ClH/c15-14-4-1-10-9-12(2-3-13(10)18-14)17-11-5-7-16-8-6-11;/h1-4,9,11,16-17H,5-8H2;1H. The fourth-order valence-electron chi connectivity index (χ4n) is 2.39. The van der Waals surface area contributed by atoms with E-state index in [1.165, 1.54) is 18.5 Å². The summed E-state index contributed by atoms with van der Waals surface area (Å²) in [6, 6.07) is 10.7. The molecule has 3 rings (SSSR count). The Kier molecular flexibility index (Phi) is 4.86. The van der Waals surface area contributed by atoms with Crippen LogP contribution in [0.4, 0.5) is 5.69 Å². The van der Waals surface area contributed by atoms with Crippen molar-refractivity contribution in [3.8, 4) is 0 Å². The van der Waals surface area contributed by atoms with Crippen LogP contribution >= 0.6 is 24.0 Å². The normalized spacial score (nSPS) is 16.1. The first kappa shape index (κ1) is 14.4. The number of nitrogens with one attached hydrogen (secondary N) is 2. The molecule has 2 aromatic rings. The molecule has 3 nitrogen and oxygen atoms in total. The highest BCUT2D eigenvalue weighted by Crippen LogP contribution is 2.21. The zero-order valence-electron chi connectivity index (χ0n) is 10.5. The molecule has 102 valence electrons. The Labute approximate surface area is 124 Å². The third kappa shape index (κ3) is 3.50. The summed E-state index contributed by atoms with van der Waals surface area (Å²) in [5, 5.41) is 8.63. The van der Waals surface area contributed by atoms with E-state index < -0.39 is 0 Å². The topological polar surface area (TPSA) is 37.0 Å². The molecule has 1 aliphatic rings. The Morgan fingerprint density at radius 1 is 1.16 bits per heavy atom. The van der Waals surface area contributed by atoms with Gasteiger partial charge in [0, 0.05) is 17.1 Å². The molecule has 1 saturated heterocycles. The van der Waals surface area contributed by atoms with Crippen molar-refractivity contribution in [1.29, 1.82) is 0 Å². The van der Waals surface area contributed by atoms with Gasteiger partial charge in [0.1, 0.15) is 5.15 Å². The van der Waals surface area contributed by atoms with Gasteiger partial charge in [0.25, 0.3) is 0 Å². The molecule has 0 aliphatic carbocycles. The Hall–Kier alpha value is -1.03. The van der Waals surface area contributed by atoms with Gasteiger partial charge in [0.2, 0.25) is 0 Å². The summed E-state index contributed by atoms with van der Waals surface area (Å²) in [6.45, 7) is 2.20. The van der Waals surface area contributed by atoms with Crippen molar-refractivity contribution in [2.24, 2.45) is 0 Å². The van der Waals surface area contributed by atoms with Crippen LogP contribution in [0.2, 0.25) is 5.15 Å². The molecule has 19 heavy (non-hydrogen) atoms. The summed E-state index contributed by atoms with van der Waals surface area (Å²) in [5.74, 6) is 0. The predicted molar refractivity (Wildman–Crippen MR) is 83.5 cm³/mol. The highest BCUT2D eigenvalue weighted by molar-refractivity contribution is 6.29. The van der Waals surface area contributed by atoms with E-state index in [0.29, 0.717) is 11.2 Å². The second-order valence-corrected chi connectivity index (χ2v) is 5.10. The van der Waals surface area contributed by atoms with Gasteiger partial charge in [0.05, 0.1) is 5.52 Å². The van der Waals surface area contributed by atoms with E-state index >= 15 is 0 Å². The highest BCUT2D eigenvalue weighted by Gasteiger charge is 2.12. The van der Waals surface area contributed by atoms with E-state index in [0.717, 1.165) is 24.0 Å². The average Bonchev–Trinajstić information content (AvgIpc) is 2.40. The molecular formula is C14H17Cl2N3. The predicted octanol–water partition coefficient (Wildman–Crippen LogP) is 3.47. The largest absolute Gasteiger partial charge is 0.382 e. The van der Waals surface area contributed by atoms with Crippen LogP contribution in [0.3, 0.4) is 0 Å². The summed E-state index contributed by atoms with van der Waals surface area (Å²) in [5.41, 5.74) is 2.11. The van der Waals surface area contributed by atoms with E-state index in [1.54, 1.807) is 0 Å². The number of anilines is 1. The molecule has 2 heterocycles. The number of benzene rings is 1. The first-order valence-electron chi connectivity index (χ1n) is 6.35. The molecule has 2 N–H and O–H groups in total. The van der Waals surface area contributed by atoms with E-state index in [9.17, 15) is 0 Å². The average molecular weight is 298 g/mol. The van der Waals surface area contributed by atoms with E-state index in [-0.39, 0.29) is 12.4 Å². The van der Waals surface area contributed by atoms with Gasteiger partial charge in [-0.25, -0.2) is 4.98 Å². The zero-order valence-corrected chi connectivity index (χ0v) is 12.1. The van der Waals surface area contributed by atoms with Crippen LogP contribution in [0.15, 0.2) is 30.3 Å². The molecule has 1 aromatic carbocycles. The first-order chi connectivity index (χ1) is 8.81. The lowest BCUT2D eigenvalue weighted by atomic mass is 10.1. The lowest BCUT2D eigenvalue weighted by molar-refractivity contribution is 0.479. The van der Waals surface area contributed by atoms with Crippen molar-refractivity contribution in [3.63, 3.8) is 0 Å². The quantitative estimate of drug-likeness (QED) is 0.834. The number of piperidine rings is 1. The van der Waals surface area contributed by atoms with Crippen molar-refractivity contribution >= 4 is 40.6 Å². The maximum atomic E-state index is 5.88. The second kappa shape index (κ2) is 6.42. The molecule has 0 spiro atoms. The zero-order chi connectivity index (χ0) is 12.4.